The number of hydrogen-bond donors (Lipinski definition) is 1. The number of amides is 1. The van der Waals surface area contributed by atoms with E-state index in [2.05, 4.69) is 15.4 Å². The first-order valence-corrected chi connectivity index (χ1v) is 13.0. The molecule has 1 unspecified atom stereocenters. The number of carbonyl (C=O) groups is 4. The maximum atomic E-state index is 13.0. The third-order valence-electron chi connectivity index (χ3n) is 5.50. The summed E-state index contributed by atoms with van der Waals surface area (Å²) >= 11 is 2.59. The van der Waals surface area contributed by atoms with Gasteiger partial charge in [-0.3, -0.25) is 29.7 Å². The van der Waals surface area contributed by atoms with Crippen molar-refractivity contribution in [3.8, 4) is 0 Å². The summed E-state index contributed by atoms with van der Waals surface area (Å²) in [5.41, 5.74) is 0.476. The van der Waals surface area contributed by atoms with Crippen LogP contribution in [0.4, 0.5) is 10.5 Å². The number of nitrogens with one attached hydrogen (secondary N) is 1. The minimum Gasteiger partial charge on any atom is -0.453 e. The largest absolute Gasteiger partial charge is 0.508 e. The molecule has 2 aliphatic rings. The lowest BCUT2D eigenvalue weighted by molar-refractivity contribution is -0.384. The third kappa shape index (κ3) is 5.96. The zero-order chi connectivity index (χ0) is 27.4. The quantitative estimate of drug-likeness (QED) is 0.138. The molecule has 4 rings (SSSR count). The number of nitro groups is 1. The Kier molecular flexibility index (Phi) is 8.31. The average Bonchev–Trinajstić information content (AvgIpc) is 3.51. The summed E-state index contributed by atoms with van der Waals surface area (Å²) in [5, 5.41) is 20.9. The van der Waals surface area contributed by atoms with E-state index in [0.717, 1.165) is 0 Å². The van der Waals surface area contributed by atoms with Crippen LogP contribution in [0.5, 0.6) is 0 Å². The third-order valence-corrected chi connectivity index (χ3v) is 7.99. The molecule has 1 N–H and O–H groups in total. The number of benzene rings is 1. The van der Waals surface area contributed by atoms with Crippen LogP contribution in [0.15, 0.2) is 46.1 Å². The molecule has 3 atom stereocenters. The molecule has 2 aliphatic heterocycles. The Morgan fingerprint density at radius 2 is 2.00 bits per heavy atom. The SMILES string of the molecule is CC(=O)COC(=O)C1=C(CSc2cnn[nH]2)S[C@@H]2[C@@H](C(C)OC(=O)OCc3ccc([N+](=O)[O-])cc3)C(=O)N12. The highest BCUT2D eigenvalue weighted by Gasteiger charge is 2.59. The van der Waals surface area contributed by atoms with E-state index in [-0.39, 0.29) is 23.8 Å². The Labute approximate surface area is 223 Å². The fraction of sp³-hybridized carbons (Fsp3) is 0.364. The second-order valence-electron chi connectivity index (χ2n) is 8.19. The molecule has 3 heterocycles. The van der Waals surface area contributed by atoms with E-state index in [1.54, 1.807) is 6.92 Å². The number of ketones is 1. The molecule has 14 nitrogen and oxygen atoms in total. The van der Waals surface area contributed by atoms with Crippen LogP contribution in [-0.4, -0.2) is 72.9 Å². The maximum absolute atomic E-state index is 13.0. The lowest BCUT2D eigenvalue weighted by atomic mass is 9.92. The molecule has 1 aromatic heterocycles. The van der Waals surface area contributed by atoms with E-state index in [9.17, 15) is 29.3 Å². The van der Waals surface area contributed by atoms with Crippen molar-refractivity contribution >= 4 is 53.0 Å². The number of ether oxygens (including phenoxy) is 3. The molecule has 2 aromatic rings. The Hall–Kier alpha value is -3.92. The van der Waals surface area contributed by atoms with E-state index >= 15 is 0 Å². The number of hydrogen-bond acceptors (Lipinski definition) is 13. The Bertz CT molecular complexity index is 1280. The molecule has 1 fully saturated rings. The number of fused-ring (bicyclic) bond motifs is 1. The minimum atomic E-state index is -1.01. The van der Waals surface area contributed by atoms with Crippen molar-refractivity contribution in [1.29, 1.82) is 0 Å². The molecule has 1 amide bonds. The number of β-lactam (4-membered cyclic amide) rings is 1. The van der Waals surface area contributed by atoms with Gasteiger partial charge in [0.05, 0.1) is 11.1 Å². The Morgan fingerprint density at radius 3 is 2.63 bits per heavy atom. The van der Waals surface area contributed by atoms with Crippen molar-refractivity contribution < 1.29 is 38.3 Å². The number of aromatic nitrogens is 3. The van der Waals surface area contributed by atoms with E-state index in [4.69, 9.17) is 14.2 Å². The van der Waals surface area contributed by atoms with Crippen LogP contribution in [0, 0.1) is 16.0 Å². The number of rotatable bonds is 11. The second kappa shape index (κ2) is 11.6. The highest BCUT2D eigenvalue weighted by atomic mass is 32.2. The summed E-state index contributed by atoms with van der Waals surface area (Å²) in [4.78, 5) is 61.4. The number of carbonyl (C=O) groups excluding carboxylic acids is 4. The van der Waals surface area contributed by atoms with Gasteiger partial charge in [0.1, 0.15) is 41.3 Å². The number of non-ortho nitro benzene ring substituents is 1. The van der Waals surface area contributed by atoms with Gasteiger partial charge in [0.15, 0.2) is 5.78 Å². The first kappa shape index (κ1) is 27.1. The van der Waals surface area contributed by atoms with Crippen LogP contribution in [-0.2, 0) is 35.2 Å². The molecular weight excluding hydrogens is 542 g/mol. The number of H-pyrrole nitrogens is 1. The van der Waals surface area contributed by atoms with Crippen molar-refractivity contribution in [2.45, 2.75) is 37.0 Å². The van der Waals surface area contributed by atoms with Crippen molar-refractivity contribution in [2.75, 3.05) is 12.4 Å². The summed E-state index contributed by atoms with van der Waals surface area (Å²) < 4.78 is 15.5. The molecule has 38 heavy (non-hydrogen) atoms. The molecule has 0 saturated carbocycles. The summed E-state index contributed by atoms with van der Waals surface area (Å²) in [6, 6.07) is 5.48. The molecule has 16 heteroatoms. The van der Waals surface area contributed by atoms with E-state index in [1.807, 2.05) is 0 Å². The van der Waals surface area contributed by atoms with Crippen molar-refractivity contribution in [3.05, 3.63) is 56.7 Å². The number of Topliss-reactive ketones (excluding diaryl/α,β-unsaturated/α-hetero) is 1. The number of aromatic amines is 1. The Morgan fingerprint density at radius 1 is 1.26 bits per heavy atom. The van der Waals surface area contributed by atoms with Gasteiger partial charge in [-0.1, -0.05) is 17.0 Å². The lowest BCUT2D eigenvalue weighted by Gasteiger charge is -2.44. The summed E-state index contributed by atoms with van der Waals surface area (Å²) in [6.45, 7) is 2.23. The van der Waals surface area contributed by atoms with Gasteiger partial charge in [-0.05, 0) is 31.5 Å². The molecule has 0 bridgehead atoms. The van der Waals surface area contributed by atoms with E-state index in [1.165, 1.54) is 65.8 Å². The summed E-state index contributed by atoms with van der Waals surface area (Å²) in [7, 11) is 0. The topological polar surface area (TPSA) is 184 Å². The second-order valence-corrected chi connectivity index (χ2v) is 10.4. The molecule has 200 valence electrons. The van der Waals surface area contributed by atoms with Crippen molar-refractivity contribution in [3.63, 3.8) is 0 Å². The van der Waals surface area contributed by atoms with Gasteiger partial charge in [0.25, 0.3) is 5.69 Å². The highest BCUT2D eigenvalue weighted by Crippen LogP contribution is 2.52. The Balaban J connectivity index is 1.37. The van der Waals surface area contributed by atoms with Gasteiger partial charge < -0.3 is 14.2 Å². The predicted octanol–water partition coefficient (Wildman–Crippen LogP) is 2.42. The number of nitrogens with zero attached hydrogens (tertiary/aromatic N) is 4. The number of esters is 1. The van der Waals surface area contributed by atoms with Gasteiger partial charge in [0, 0.05) is 22.8 Å². The number of nitro benzene ring substituents is 1. The number of thioether (sulfide) groups is 2. The smallest absolute Gasteiger partial charge is 0.453 e. The molecule has 0 aliphatic carbocycles. The van der Waals surface area contributed by atoms with E-state index < -0.39 is 47.0 Å². The molecular formula is C22H21N5O9S2. The standard InChI is InChI=1S/C22H21N5O9S2/c1-11(28)8-34-21(30)18-15(10-37-16-7-23-25-24-16)38-20-17(19(29)26(18)20)12(2)36-22(31)35-9-13-3-5-14(6-4-13)27(32)33/h3-7,12,17,20H,8-10H2,1-2H3,(H,23,24,25)/t12?,17-,20+/m0/s1. The maximum Gasteiger partial charge on any atom is 0.508 e. The van der Waals surface area contributed by atoms with Crippen molar-refractivity contribution in [1.82, 2.24) is 20.3 Å². The van der Waals surface area contributed by atoms with Crippen LogP contribution in [0.3, 0.4) is 0 Å². The first-order chi connectivity index (χ1) is 18.2. The van der Waals surface area contributed by atoms with Crippen LogP contribution < -0.4 is 0 Å². The van der Waals surface area contributed by atoms with Crippen LogP contribution in [0.1, 0.15) is 19.4 Å². The van der Waals surface area contributed by atoms with Crippen LogP contribution in [0.2, 0.25) is 0 Å². The zero-order valence-corrected chi connectivity index (χ0v) is 21.7. The van der Waals surface area contributed by atoms with Gasteiger partial charge in [-0.25, -0.2) is 9.59 Å². The monoisotopic (exact) mass is 563 g/mol. The van der Waals surface area contributed by atoms with Gasteiger partial charge in [-0.2, -0.15) is 0 Å². The zero-order valence-electron chi connectivity index (χ0n) is 20.0. The van der Waals surface area contributed by atoms with Gasteiger partial charge in [0.2, 0.25) is 5.91 Å². The minimum absolute atomic E-state index is 0.0513. The molecule has 1 saturated heterocycles. The first-order valence-electron chi connectivity index (χ1n) is 11.1. The highest BCUT2D eigenvalue weighted by molar-refractivity contribution is 8.06. The lowest BCUT2D eigenvalue weighted by Crippen LogP contribution is -2.61. The van der Waals surface area contributed by atoms with Gasteiger partial charge >= 0.3 is 12.1 Å². The van der Waals surface area contributed by atoms with E-state index in [0.29, 0.717) is 21.2 Å². The molecule has 0 radical (unpaired) electrons. The molecule has 1 aromatic carbocycles. The van der Waals surface area contributed by atoms with Crippen LogP contribution >= 0.6 is 23.5 Å². The summed E-state index contributed by atoms with van der Waals surface area (Å²) in [6.07, 6.45) is -0.375. The summed E-state index contributed by atoms with van der Waals surface area (Å²) in [5.74, 6) is -2.02. The predicted molar refractivity (Wildman–Crippen MR) is 131 cm³/mol. The van der Waals surface area contributed by atoms with Crippen molar-refractivity contribution in [2.24, 2.45) is 5.92 Å². The average molecular weight is 564 g/mol. The van der Waals surface area contributed by atoms with Crippen LogP contribution in [0.25, 0.3) is 0 Å². The van der Waals surface area contributed by atoms with Gasteiger partial charge in [-0.15, -0.1) is 16.9 Å². The fourth-order valence-electron chi connectivity index (χ4n) is 3.68. The molecule has 0 spiro atoms. The normalized spacial score (nSPS) is 18.9. The fourth-order valence-corrected chi connectivity index (χ4v) is 6.17.